The molecule has 3 N–H and O–H groups in total. The molecule has 3 fully saturated rings. The highest BCUT2D eigenvalue weighted by molar-refractivity contribution is 5.98. The van der Waals surface area contributed by atoms with Gasteiger partial charge in [0.1, 0.15) is 11.8 Å². The minimum absolute atomic E-state index is 0.0373. The fraction of sp³-hybridized carbons (Fsp3) is 0.517. The van der Waals surface area contributed by atoms with E-state index in [1.54, 1.807) is 24.1 Å². The topological polar surface area (TPSA) is 87.9 Å². The van der Waals surface area contributed by atoms with E-state index < -0.39 is 6.04 Å². The SMILES string of the molecule is COc1cccc(C(=O)N2CC(N(Cc3ccccc3)C3CC3)CC2C(=O)NC2CCC(N)CC2)c1. The van der Waals surface area contributed by atoms with Crippen molar-refractivity contribution >= 4 is 11.8 Å². The van der Waals surface area contributed by atoms with Crippen LogP contribution in [0.5, 0.6) is 5.75 Å². The van der Waals surface area contributed by atoms with Crippen molar-refractivity contribution in [2.45, 2.75) is 81.7 Å². The van der Waals surface area contributed by atoms with Crippen molar-refractivity contribution in [3.8, 4) is 5.75 Å². The van der Waals surface area contributed by atoms with Gasteiger partial charge in [0.05, 0.1) is 7.11 Å². The van der Waals surface area contributed by atoms with E-state index in [2.05, 4.69) is 34.5 Å². The van der Waals surface area contributed by atoms with Gasteiger partial charge in [-0.25, -0.2) is 0 Å². The summed E-state index contributed by atoms with van der Waals surface area (Å²) in [4.78, 5) is 31.6. The number of likely N-dealkylation sites (tertiary alicyclic amines) is 1. The van der Waals surface area contributed by atoms with E-state index in [4.69, 9.17) is 10.5 Å². The number of hydrogen-bond donors (Lipinski definition) is 2. The molecule has 0 bridgehead atoms. The molecule has 7 nitrogen and oxygen atoms in total. The molecule has 2 aliphatic carbocycles. The molecule has 0 spiro atoms. The first kappa shape index (κ1) is 24.8. The molecule has 2 aromatic carbocycles. The number of carbonyl (C=O) groups excluding carboxylic acids is 2. The average molecular weight is 491 g/mol. The highest BCUT2D eigenvalue weighted by Gasteiger charge is 2.45. The van der Waals surface area contributed by atoms with Crippen LogP contribution in [0.4, 0.5) is 0 Å². The average Bonchev–Trinajstić information content (AvgIpc) is 3.66. The normalized spacial score (nSPS) is 26.1. The van der Waals surface area contributed by atoms with Crippen LogP contribution < -0.4 is 15.8 Å². The van der Waals surface area contributed by atoms with Crippen LogP contribution >= 0.6 is 0 Å². The van der Waals surface area contributed by atoms with Gasteiger partial charge in [-0.2, -0.15) is 0 Å². The van der Waals surface area contributed by atoms with E-state index in [0.29, 0.717) is 30.3 Å². The highest BCUT2D eigenvalue weighted by atomic mass is 16.5. The van der Waals surface area contributed by atoms with Crippen molar-refractivity contribution in [3.05, 3.63) is 65.7 Å². The summed E-state index contributed by atoms with van der Waals surface area (Å²) in [6.07, 6.45) is 6.65. The zero-order chi connectivity index (χ0) is 25.1. The molecule has 5 rings (SSSR count). The van der Waals surface area contributed by atoms with E-state index in [1.165, 1.54) is 18.4 Å². The summed E-state index contributed by atoms with van der Waals surface area (Å²) < 4.78 is 5.35. The number of hydrogen-bond acceptors (Lipinski definition) is 5. The number of amides is 2. The number of ether oxygens (including phenoxy) is 1. The Bertz CT molecular complexity index is 1050. The third kappa shape index (κ3) is 5.73. The second-order valence-corrected chi connectivity index (χ2v) is 10.6. The second kappa shape index (κ2) is 11.0. The Morgan fingerprint density at radius 2 is 1.75 bits per heavy atom. The molecule has 2 aromatic rings. The Morgan fingerprint density at radius 3 is 2.44 bits per heavy atom. The van der Waals surface area contributed by atoms with E-state index in [9.17, 15) is 9.59 Å². The third-order valence-corrected chi connectivity index (χ3v) is 7.97. The summed E-state index contributed by atoms with van der Waals surface area (Å²) in [6, 6.07) is 18.2. The molecule has 1 heterocycles. The summed E-state index contributed by atoms with van der Waals surface area (Å²) in [7, 11) is 1.60. The van der Waals surface area contributed by atoms with E-state index in [1.807, 2.05) is 18.2 Å². The number of nitrogens with zero attached hydrogens (tertiary/aromatic N) is 2. The fourth-order valence-corrected chi connectivity index (χ4v) is 5.77. The summed E-state index contributed by atoms with van der Waals surface area (Å²) in [5.74, 6) is 0.488. The number of nitrogens with two attached hydrogens (primary N) is 1. The lowest BCUT2D eigenvalue weighted by atomic mass is 9.91. The highest BCUT2D eigenvalue weighted by Crippen LogP contribution is 2.35. The molecule has 192 valence electrons. The molecule has 2 atom stereocenters. The van der Waals surface area contributed by atoms with Crippen LogP contribution in [0.1, 0.15) is 60.9 Å². The van der Waals surface area contributed by atoms with Crippen LogP contribution in [0, 0.1) is 0 Å². The van der Waals surface area contributed by atoms with Crippen molar-refractivity contribution in [2.75, 3.05) is 13.7 Å². The van der Waals surface area contributed by atoms with Gasteiger partial charge in [-0.05, 0) is 68.7 Å². The van der Waals surface area contributed by atoms with Gasteiger partial charge in [0.2, 0.25) is 5.91 Å². The van der Waals surface area contributed by atoms with Crippen LogP contribution in [0.15, 0.2) is 54.6 Å². The van der Waals surface area contributed by atoms with Crippen molar-refractivity contribution in [2.24, 2.45) is 5.73 Å². The van der Waals surface area contributed by atoms with Gasteiger partial charge < -0.3 is 20.7 Å². The first-order chi connectivity index (χ1) is 17.5. The van der Waals surface area contributed by atoms with Crippen molar-refractivity contribution in [3.63, 3.8) is 0 Å². The largest absolute Gasteiger partial charge is 0.497 e. The van der Waals surface area contributed by atoms with Crippen molar-refractivity contribution in [1.29, 1.82) is 0 Å². The number of rotatable bonds is 8. The lowest BCUT2D eigenvalue weighted by Crippen LogP contribution is -2.50. The zero-order valence-electron chi connectivity index (χ0n) is 21.1. The third-order valence-electron chi connectivity index (χ3n) is 7.97. The van der Waals surface area contributed by atoms with Crippen LogP contribution in [-0.4, -0.2) is 65.5 Å². The lowest BCUT2D eigenvalue weighted by Gasteiger charge is -2.30. The van der Waals surface area contributed by atoms with Crippen LogP contribution in [-0.2, 0) is 11.3 Å². The standard InChI is InChI=1S/C29H38N4O3/c1-36-26-9-5-8-21(16-26)29(35)33-19-25(32(24-14-15-24)18-20-6-3-2-4-7-20)17-27(33)28(34)31-23-12-10-22(30)11-13-23/h2-9,16,22-25,27H,10-15,17-19,30H2,1H3,(H,31,34). The minimum Gasteiger partial charge on any atom is -0.497 e. The maximum absolute atomic E-state index is 13.7. The molecule has 1 saturated heterocycles. The Morgan fingerprint density at radius 1 is 1.00 bits per heavy atom. The first-order valence-electron chi connectivity index (χ1n) is 13.3. The Kier molecular flexibility index (Phi) is 7.58. The van der Waals surface area contributed by atoms with Crippen molar-refractivity contribution in [1.82, 2.24) is 15.1 Å². The summed E-state index contributed by atoms with van der Waals surface area (Å²) in [5, 5.41) is 3.26. The monoisotopic (exact) mass is 490 g/mol. The van der Waals surface area contributed by atoms with Crippen LogP contribution in [0.2, 0.25) is 0 Å². The molecule has 1 aliphatic heterocycles. The predicted octanol–water partition coefficient (Wildman–Crippen LogP) is 3.33. The number of carbonyl (C=O) groups is 2. The van der Waals surface area contributed by atoms with Gasteiger partial charge in [0.25, 0.3) is 5.91 Å². The van der Waals surface area contributed by atoms with Gasteiger partial charge in [-0.3, -0.25) is 14.5 Å². The quantitative estimate of drug-likeness (QED) is 0.593. The molecule has 36 heavy (non-hydrogen) atoms. The minimum atomic E-state index is -0.485. The molecular weight excluding hydrogens is 452 g/mol. The van der Waals surface area contributed by atoms with Crippen molar-refractivity contribution < 1.29 is 14.3 Å². The van der Waals surface area contributed by atoms with Gasteiger partial charge >= 0.3 is 0 Å². The fourth-order valence-electron chi connectivity index (χ4n) is 5.77. The summed E-state index contributed by atoms with van der Waals surface area (Å²) in [5.41, 5.74) is 7.89. The van der Waals surface area contributed by atoms with Crippen LogP contribution in [0.25, 0.3) is 0 Å². The molecule has 2 unspecified atom stereocenters. The Hall–Kier alpha value is -2.90. The molecule has 2 amide bonds. The smallest absolute Gasteiger partial charge is 0.254 e. The molecular formula is C29H38N4O3. The van der Waals surface area contributed by atoms with E-state index >= 15 is 0 Å². The summed E-state index contributed by atoms with van der Waals surface area (Å²) >= 11 is 0. The Balaban J connectivity index is 1.37. The first-order valence-corrected chi connectivity index (χ1v) is 13.3. The van der Waals surface area contributed by atoms with E-state index in [0.717, 1.165) is 32.2 Å². The molecule has 7 heteroatoms. The zero-order valence-corrected chi connectivity index (χ0v) is 21.1. The van der Waals surface area contributed by atoms with Gasteiger partial charge in [0, 0.05) is 42.8 Å². The molecule has 2 saturated carbocycles. The Labute approximate surface area is 214 Å². The number of benzene rings is 2. The van der Waals surface area contributed by atoms with Crippen LogP contribution in [0.3, 0.4) is 0 Å². The lowest BCUT2D eigenvalue weighted by molar-refractivity contribution is -0.125. The van der Waals surface area contributed by atoms with E-state index in [-0.39, 0.29) is 29.9 Å². The van der Waals surface area contributed by atoms with Gasteiger partial charge in [0.15, 0.2) is 0 Å². The van der Waals surface area contributed by atoms with Gasteiger partial charge in [-0.15, -0.1) is 0 Å². The molecule has 0 aromatic heterocycles. The maximum atomic E-state index is 13.7. The molecule has 0 radical (unpaired) electrons. The van der Waals surface area contributed by atoms with Gasteiger partial charge in [-0.1, -0.05) is 36.4 Å². The number of nitrogens with one attached hydrogen (secondary N) is 1. The molecule has 3 aliphatic rings. The second-order valence-electron chi connectivity index (χ2n) is 10.6. The number of methoxy groups -OCH3 is 1. The maximum Gasteiger partial charge on any atom is 0.254 e. The predicted molar refractivity (Wildman–Crippen MR) is 140 cm³/mol. The summed E-state index contributed by atoms with van der Waals surface area (Å²) in [6.45, 7) is 1.39.